The third-order valence-corrected chi connectivity index (χ3v) is 12.3. The molecule has 1 aliphatic rings. The van der Waals surface area contributed by atoms with Crippen molar-refractivity contribution in [3.63, 3.8) is 0 Å². The molecule has 0 radical (unpaired) electrons. The minimum Gasteiger partial charge on any atom is -0.264 e. The van der Waals surface area contributed by atoms with Crippen LogP contribution in [0.15, 0.2) is 225 Å². The highest BCUT2D eigenvalue weighted by atomic mass is 14.9. The predicted octanol–water partition coefficient (Wildman–Crippen LogP) is 15.5. The van der Waals surface area contributed by atoms with E-state index in [1.165, 1.54) is 71.6 Å². The number of fused-ring (bicyclic) bond motifs is 4. The molecular weight excluding hydrogens is 751 g/mol. The van der Waals surface area contributed by atoms with Gasteiger partial charge in [0, 0.05) is 34.6 Å². The number of nitrogens with zero attached hydrogens (tertiary/aromatic N) is 3. The zero-order valence-corrected chi connectivity index (χ0v) is 33.7. The predicted molar refractivity (Wildman–Crippen MR) is 257 cm³/mol. The van der Waals surface area contributed by atoms with E-state index in [4.69, 9.17) is 9.97 Å². The van der Waals surface area contributed by atoms with Crippen LogP contribution in [0.3, 0.4) is 0 Å². The van der Waals surface area contributed by atoms with Crippen LogP contribution in [0.4, 0.5) is 0 Å². The fraction of sp³-hybridized carbons (Fsp3) is 0. The summed E-state index contributed by atoms with van der Waals surface area (Å²) in [4.78, 5) is 14.6. The van der Waals surface area contributed by atoms with Crippen LogP contribution in [-0.4, -0.2) is 15.0 Å². The molecular formula is C59H37N3. The summed E-state index contributed by atoms with van der Waals surface area (Å²) < 4.78 is 0. The van der Waals surface area contributed by atoms with Gasteiger partial charge in [-0.2, -0.15) is 0 Å². The second-order valence-electron chi connectivity index (χ2n) is 15.9. The molecule has 288 valence electrons. The Bertz CT molecular complexity index is 3380. The van der Waals surface area contributed by atoms with E-state index in [2.05, 4.69) is 193 Å². The van der Waals surface area contributed by atoms with Crippen LogP contribution in [0, 0.1) is 0 Å². The second kappa shape index (κ2) is 14.8. The molecule has 0 spiro atoms. The molecule has 62 heavy (non-hydrogen) atoms. The highest BCUT2D eigenvalue weighted by Gasteiger charge is 2.31. The Kier molecular flexibility index (Phi) is 8.50. The van der Waals surface area contributed by atoms with E-state index in [1.807, 2.05) is 30.5 Å². The maximum Gasteiger partial charge on any atom is 0.160 e. The van der Waals surface area contributed by atoms with Crippen LogP contribution in [0.2, 0.25) is 0 Å². The van der Waals surface area contributed by atoms with Gasteiger partial charge in [0.05, 0.1) is 11.4 Å². The van der Waals surface area contributed by atoms with E-state index in [-0.39, 0.29) is 0 Å². The zero-order valence-electron chi connectivity index (χ0n) is 33.7. The minimum absolute atomic E-state index is 0.693. The molecule has 0 atom stereocenters. The normalized spacial score (nSPS) is 11.5. The molecule has 2 aromatic heterocycles. The Balaban J connectivity index is 1.00. The molecule has 0 amide bonds. The van der Waals surface area contributed by atoms with Crippen molar-refractivity contribution in [3.05, 3.63) is 225 Å². The molecule has 2 heterocycles. The molecule has 3 heteroatoms. The highest BCUT2D eigenvalue weighted by molar-refractivity contribution is 6.28. The Morgan fingerprint density at radius 1 is 0.274 bits per heavy atom. The van der Waals surface area contributed by atoms with Gasteiger partial charge < -0.3 is 0 Å². The SMILES string of the molecule is c1ccc(-c2nc(-c3ccc(-c4ccc5c6c(cccc46)-c4c-5c(-c5ccccc5)c5ccccc5c4-c4ccccc4)cc3)cc(-c3cccc(-c4cccnc4)c3)n2)cc1. The third kappa shape index (κ3) is 5.94. The van der Waals surface area contributed by atoms with E-state index in [1.54, 1.807) is 6.20 Å². The molecule has 9 aromatic carbocycles. The topological polar surface area (TPSA) is 38.7 Å². The highest BCUT2D eigenvalue weighted by Crippen LogP contribution is 2.58. The van der Waals surface area contributed by atoms with Crippen molar-refractivity contribution in [3.8, 4) is 101 Å². The van der Waals surface area contributed by atoms with E-state index in [9.17, 15) is 0 Å². The number of pyridine rings is 1. The molecule has 0 aliphatic heterocycles. The Morgan fingerprint density at radius 2 is 0.774 bits per heavy atom. The molecule has 1 aliphatic carbocycles. The first kappa shape index (κ1) is 35.7. The third-order valence-electron chi connectivity index (χ3n) is 12.3. The van der Waals surface area contributed by atoms with Crippen LogP contribution in [-0.2, 0) is 0 Å². The fourth-order valence-corrected chi connectivity index (χ4v) is 9.53. The van der Waals surface area contributed by atoms with Gasteiger partial charge in [0.2, 0.25) is 0 Å². The lowest BCUT2D eigenvalue weighted by Crippen LogP contribution is -1.96. The van der Waals surface area contributed by atoms with Crippen molar-refractivity contribution in [1.82, 2.24) is 15.0 Å². The summed E-state index contributed by atoms with van der Waals surface area (Å²) in [6.45, 7) is 0. The minimum atomic E-state index is 0.693. The summed E-state index contributed by atoms with van der Waals surface area (Å²) in [5, 5.41) is 5.08. The lowest BCUT2D eigenvalue weighted by Gasteiger charge is -2.20. The Hall–Kier alpha value is -8.27. The molecule has 0 saturated carbocycles. The van der Waals surface area contributed by atoms with Crippen molar-refractivity contribution in [2.24, 2.45) is 0 Å². The average Bonchev–Trinajstić information content (AvgIpc) is 3.69. The number of benzene rings is 9. The Morgan fingerprint density at radius 3 is 1.42 bits per heavy atom. The van der Waals surface area contributed by atoms with Gasteiger partial charge in [-0.15, -0.1) is 0 Å². The van der Waals surface area contributed by atoms with Crippen molar-refractivity contribution in [2.45, 2.75) is 0 Å². The molecule has 0 fully saturated rings. The van der Waals surface area contributed by atoms with Gasteiger partial charge >= 0.3 is 0 Å². The largest absolute Gasteiger partial charge is 0.264 e. The van der Waals surface area contributed by atoms with Gasteiger partial charge in [0.25, 0.3) is 0 Å². The van der Waals surface area contributed by atoms with Crippen LogP contribution in [0.25, 0.3) is 122 Å². The summed E-state index contributed by atoms with van der Waals surface area (Å²) >= 11 is 0. The lowest BCUT2D eigenvalue weighted by molar-refractivity contribution is 1.18. The Labute approximate surface area is 360 Å². The first-order valence-electron chi connectivity index (χ1n) is 21.1. The van der Waals surface area contributed by atoms with E-state index in [0.717, 1.165) is 44.8 Å². The van der Waals surface area contributed by atoms with Crippen LogP contribution >= 0.6 is 0 Å². The average molecular weight is 788 g/mol. The maximum absolute atomic E-state index is 5.16. The fourth-order valence-electron chi connectivity index (χ4n) is 9.53. The van der Waals surface area contributed by atoms with Gasteiger partial charge in [0.1, 0.15) is 0 Å². The van der Waals surface area contributed by atoms with Crippen molar-refractivity contribution >= 4 is 21.5 Å². The second-order valence-corrected chi connectivity index (χ2v) is 15.9. The number of hydrogen-bond donors (Lipinski definition) is 0. The quantitative estimate of drug-likeness (QED) is 0.161. The van der Waals surface area contributed by atoms with Gasteiger partial charge in [-0.25, -0.2) is 9.97 Å². The van der Waals surface area contributed by atoms with Gasteiger partial charge in [-0.05, 0) is 101 Å². The first-order chi connectivity index (χ1) is 30.8. The molecule has 11 aromatic rings. The molecule has 0 unspecified atom stereocenters. The van der Waals surface area contributed by atoms with Crippen LogP contribution < -0.4 is 0 Å². The number of rotatable bonds is 7. The smallest absolute Gasteiger partial charge is 0.160 e. The molecule has 0 saturated heterocycles. The molecule has 0 N–H and O–H groups in total. The van der Waals surface area contributed by atoms with Gasteiger partial charge in [-0.1, -0.05) is 194 Å². The van der Waals surface area contributed by atoms with Crippen LogP contribution in [0.1, 0.15) is 0 Å². The summed E-state index contributed by atoms with van der Waals surface area (Å²) in [7, 11) is 0. The summed E-state index contributed by atoms with van der Waals surface area (Å²) in [5.41, 5.74) is 19.5. The molecule has 0 bridgehead atoms. The number of aromatic nitrogens is 3. The molecule has 12 rings (SSSR count). The summed E-state index contributed by atoms with van der Waals surface area (Å²) in [6, 6.07) is 76.1. The lowest BCUT2D eigenvalue weighted by atomic mass is 9.82. The van der Waals surface area contributed by atoms with E-state index in [0.29, 0.717) is 5.82 Å². The standard InChI is InChI=1S/C59H37N3/c1-4-15-40(16-5-1)54-48-24-10-11-25-49(48)55(41-17-6-2-7-18-41)58-51-33-32-46(47-26-13-27-50(56(47)51)57(54)58)38-28-30-39(31-29-38)52-36-53(62-59(61-52)42-19-8-3-9-20-42)44-22-12-21-43(35-44)45-23-14-34-60-37-45/h1-37H. The van der Waals surface area contributed by atoms with Crippen molar-refractivity contribution in [2.75, 3.05) is 0 Å². The molecule has 3 nitrogen and oxygen atoms in total. The van der Waals surface area contributed by atoms with Crippen LogP contribution in [0.5, 0.6) is 0 Å². The maximum atomic E-state index is 5.16. The van der Waals surface area contributed by atoms with E-state index < -0.39 is 0 Å². The van der Waals surface area contributed by atoms with E-state index >= 15 is 0 Å². The van der Waals surface area contributed by atoms with Crippen molar-refractivity contribution < 1.29 is 0 Å². The monoisotopic (exact) mass is 787 g/mol. The van der Waals surface area contributed by atoms with Crippen molar-refractivity contribution in [1.29, 1.82) is 0 Å². The summed E-state index contributed by atoms with van der Waals surface area (Å²) in [6.07, 6.45) is 3.70. The van der Waals surface area contributed by atoms with Gasteiger partial charge in [-0.3, -0.25) is 4.98 Å². The number of hydrogen-bond acceptors (Lipinski definition) is 3. The summed E-state index contributed by atoms with van der Waals surface area (Å²) in [5.74, 6) is 0.693. The first-order valence-corrected chi connectivity index (χ1v) is 21.1. The van der Waals surface area contributed by atoms with Gasteiger partial charge in [0.15, 0.2) is 5.82 Å². The zero-order chi connectivity index (χ0) is 41.0.